The van der Waals surface area contributed by atoms with Gasteiger partial charge in [-0.05, 0) is 25.8 Å². The van der Waals surface area contributed by atoms with Crippen LogP contribution in [0.25, 0.3) is 0 Å². The van der Waals surface area contributed by atoms with Crippen LogP contribution < -0.4 is 5.32 Å². The molecule has 2 heterocycles. The van der Waals surface area contributed by atoms with E-state index in [0.29, 0.717) is 5.41 Å². The Morgan fingerprint density at radius 3 is 3.00 bits per heavy atom. The molecule has 4 nitrogen and oxygen atoms in total. The van der Waals surface area contributed by atoms with Gasteiger partial charge in [0.05, 0.1) is 0 Å². The lowest BCUT2D eigenvalue weighted by atomic mass is 9.79. The van der Waals surface area contributed by atoms with E-state index < -0.39 is 0 Å². The molecule has 0 saturated carbocycles. The summed E-state index contributed by atoms with van der Waals surface area (Å²) in [7, 11) is 0. The molecular formula is C10H18N2O2. The number of piperidine rings is 1. The highest BCUT2D eigenvalue weighted by atomic mass is 16.3. The predicted octanol–water partition coefficient (Wildman–Crippen LogP) is -0.419. The minimum absolute atomic E-state index is 0.115. The molecule has 2 N–H and O–H groups in total. The Hall–Kier alpha value is -0.610. The van der Waals surface area contributed by atoms with Crippen molar-refractivity contribution in [1.82, 2.24) is 10.2 Å². The average Bonchev–Trinajstić information content (AvgIpc) is 2.65. The molecule has 2 aliphatic heterocycles. The van der Waals surface area contributed by atoms with Crippen molar-refractivity contribution in [2.24, 2.45) is 5.41 Å². The lowest BCUT2D eigenvalue weighted by Crippen LogP contribution is -2.47. The van der Waals surface area contributed by atoms with Gasteiger partial charge in [0.1, 0.15) is 6.61 Å². The van der Waals surface area contributed by atoms with Crippen molar-refractivity contribution in [2.75, 3.05) is 32.8 Å². The molecule has 0 aromatic carbocycles. The number of carbonyl (C=O) groups is 1. The summed E-state index contributed by atoms with van der Waals surface area (Å²) < 4.78 is 0. The van der Waals surface area contributed by atoms with E-state index in [-0.39, 0.29) is 12.5 Å². The maximum absolute atomic E-state index is 11.4. The van der Waals surface area contributed by atoms with Gasteiger partial charge < -0.3 is 15.3 Å². The number of carbonyl (C=O) groups excluding carboxylic acids is 1. The van der Waals surface area contributed by atoms with E-state index in [4.69, 9.17) is 5.11 Å². The van der Waals surface area contributed by atoms with Gasteiger partial charge in [-0.3, -0.25) is 4.79 Å². The molecule has 4 heteroatoms. The molecule has 0 aromatic heterocycles. The van der Waals surface area contributed by atoms with Gasteiger partial charge in [-0.25, -0.2) is 0 Å². The predicted molar refractivity (Wildman–Crippen MR) is 52.8 cm³/mol. The minimum Gasteiger partial charge on any atom is -0.387 e. The molecule has 1 atom stereocenters. The fourth-order valence-electron chi connectivity index (χ4n) is 2.66. The van der Waals surface area contributed by atoms with Gasteiger partial charge in [-0.15, -0.1) is 0 Å². The lowest BCUT2D eigenvalue weighted by molar-refractivity contribution is -0.137. The zero-order valence-electron chi connectivity index (χ0n) is 8.46. The van der Waals surface area contributed by atoms with E-state index in [1.165, 1.54) is 12.8 Å². The standard InChI is InChI=1S/C10H18N2O2/c13-6-9(14)12-5-1-2-10(8-12)3-4-11-7-10/h11,13H,1-8H2/t10-/m1/s1. The summed E-state index contributed by atoms with van der Waals surface area (Å²) in [5, 5.41) is 12.2. The third-order valence-corrected chi connectivity index (χ3v) is 3.48. The first-order valence-electron chi connectivity index (χ1n) is 5.35. The molecule has 80 valence electrons. The quantitative estimate of drug-likeness (QED) is 0.602. The molecule has 2 rings (SSSR count). The van der Waals surface area contributed by atoms with Crippen molar-refractivity contribution >= 4 is 5.91 Å². The van der Waals surface area contributed by atoms with Crippen LogP contribution in [0.4, 0.5) is 0 Å². The van der Waals surface area contributed by atoms with E-state index in [9.17, 15) is 4.79 Å². The topological polar surface area (TPSA) is 52.6 Å². The van der Waals surface area contributed by atoms with Gasteiger partial charge >= 0.3 is 0 Å². The zero-order valence-corrected chi connectivity index (χ0v) is 8.46. The molecule has 0 radical (unpaired) electrons. The van der Waals surface area contributed by atoms with E-state index in [2.05, 4.69) is 5.32 Å². The first-order chi connectivity index (χ1) is 6.76. The summed E-state index contributed by atoms with van der Waals surface area (Å²) >= 11 is 0. The molecule has 0 aliphatic carbocycles. The van der Waals surface area contributed by atoms with Crippen molar-refractivity contribution in [1.29, 1.82) is 0 Å². The van der Waals surface area contributed by atoms with Crippen LogP contribution in [0.5, 0.6) is 0 Å². The Morgan fingerprint density at radius 2 is 2.36 bits per heavy atom. The number of aliphatic hydroxyl groups excluding tert-OH is 1. The molecule has 2 fully saturated rings. The average molecular weight is 198 g/mol. The highest BCUT2D eigenvalue weighted by Crippen LogP contribution is 2.35. The Kier molecular flexibility index (Phi) is 2.74. The summed E-state index contributed by atoms with van der Waals surface area (Å²) in [5.41, 5.74) is 0.309. The molecule has 2 aliphatic rings. The van der Waals surface area contributed by atoms with Crippen LogP contribution in [-0.4, -0.2) is 48.7 Å². The van der Waals surface area contributed by atoms with Crippen molar-refractivity contribution in [3.63, 3.8) is 0 Å². The highest BCUT2D eigenvalue weighted by Gasteiger charge is 2.38. The summed E-state index contributed by atoms with van der Waals surface area (Å²) in [6, 6.07) is 0. The fraction of sp³-hybridized carbons (Fsp3) is 0.900. The summed E-state index contributed by atoms with van der Waals surface area (Å²) in [6.45, 7) is 3.41. The second-order valence-corrected chi connectivity index (χ2v) is 4.50. The maximum atomic E-state index is 11.4. The second-order valence-electron chi connectivity index (χ2n) is 4.50. The third kappa shape index (κ3) is 1.77. The number of amides is 1. The van der Waals surface area contributed by atoms with Crippen molar-refractivity contribution < 1.29 is 9.90 Å². The van der Waals surface area contributed by atoms with Crippen LogP contribution in [-0.2, 0) is 4.79 Å². The molecule has 0 aromatic rings. The number of rotatable bonds is 1. The largest absolute Gasteiger partial charge is 0.387 e. The number of hydrogen-bond donors (Lipinski definition) is 2. The SMILES string of the molecule is O=C(CO)N1CCC[C@]2(CCNC2)C1. The Bertz CT molecular complexity index is 224. The number of likely N-dealkylation sites (tertiary alicyclic amines) is 1. The Morgan fingerprint density at radius 1 is 1.50 bits per heavy atom. The summed E-state index contributed by atoms with van der Waals surface area (Å²) in [6.07, 6.45) is 3.46. The van der Waals surface area contributed by atoms with Crippen LogP contribution in [0.3, 0.4) is 0 Å². The number of nitrogens with zero attached hydrogens (tertiary/aromatic N) is 1. The lowest BCUT2D eigenvalue weighted by Gasteiger charge is -2.39. The van der Waals surface area contributed by atoms with E-state index >= 15 is 0 Å². The summed E-state index contributed by atoms with van der Waals surface area (Å²) in [4.78, 5) is 13.2. The van der Waals surface area contributed by atoms with Gasteiger partial charge in [0.2, 0.25) is 5.91 Å². The first-order valence-corrected chi connectivity index (χ1v) is 5.35. The smallest absolute Gasteiger partial charge is 0.248 e. The Balaban J connectivity index is 1.99. The van der Waals surface area contributed by atoms with Crippen molar-refractivity contribution in [2.45, 2.75) is 19.3 Å². The number of aliphatic hydroxyl groups is 1. The molecule has 1 amide bonds. The monoisotopic (exact) mass is 198 g/mol. The van der Waals surface area contributed by atoms with E-state index in [1.807, 2.05) is 4.90 Å². The van der Waals surface area contributed by atoms with Crippen LogP contribution >= 0.6 is 0 Å². The van der Waals surface area contributed by atoms with Crippen LogP contribution in [0, 0.1) is 5.41 Å². The van der Waals surface area contributed by atoms with Gasteiger partial charge in [0.15, 0.2) is 0 Å². The Labute approximate surface area is 84.3 Å². The van der Waals surface area contributed by atoms with Gasteiger partial charge in [-0.2, -0.15) is 0 Å². The number of hydrogen-bond acceptors (Lipinski definition) is 3. The van der Waals surface area contributed by atoms with Crippen molar-refractivity contribution in [3.05, 3.63) is 0 Å². The molecular weight excluding hydrogens is 180 g/mol. The van der Waals surface area contributed by atoms with Crippen LogP contribution in [0.1, 0.15) is 19.3 Å². The summed E-state index contributed by atoms with van der Waals surface area (Å²) in [5.74, 6) is -0.115. The molecule has 14 heavy (non-hydrogen) atoms. The van der Waals surface area contributed by atoms with Gasteiger partial charge in [0, 0.05) is 25.0 Å². The molecule has 2 saturated heterocycles. The van der Waals surface area contributed by atoms with E-state index in [0.717, 1.165) is 32.6 Å². The van der Waals surface area contributed by atoms with E-state index in [1.54, 1.807) is 0 Å². The van der Waals surface area contributed by atoms with Gasteiger partial charge in [-0.1, -0.05) is 0 Å². The first kappa shape index (κ1) is 9.93. The van der Waals surface area contributed by atoms with Gasteiger partial charge in [0.25, 0.3) is 0 Å². The maximum Gasteiger partial charge on any atom is 0.248 e. The van der Waals surface area contributed by atoms with Crippen LogP contribution in [0.15, 0.2) is 0 Å². The fourth-order valence-corrected chi connectivity index (χ4v) is 2.66. The highest BCUT2D eigenvalue weighted by molar-refractivity contribution is 5.77. The second kappa shape index (κ2) is 3.87. The normalized spacial score (nSPS) is 32.5. The molecule has 0 unspecified atom stereocenters. The minimum atomic E-state index is -0.344. The molecule has 0 bridgehead atoms. The van der Waals surface area contributed by atoms with Crippen molar-refractivity contribution in [3.8, 4) is 0 Å². The molecule has 1 spiro atoms. The number of nitrogens with one attached hydrogen (secondary N) is 1. The third-order valence-electron chi connectivity index (χ3n) is 3.48. The zero-order chi connectivity index (χ0) is 10.0. The van der Waals surface area contributed by atoms with Crippen LogP contribution in [0.2, 0.25) is 0 Å².